The Labute approximate surface area is 121 Å². The Morgan fingerprint density at radius 1 is 1.19 bits per heavy atom. The lowest BCUT2D eigenvalue weighted by Crippen LogP contribution is -2.26. The van der Waals surface area contributed by atoms with Crippen molar-refractivity contribution in [1.29, 1.82) is 0 Å². The number of hydrogen-bond acceptors (Lipinski definition) is 6. The summed E-state index contributed by atoms with van der Waals surface area (Å²) in [7, 11) is -3.58. The summed E-state index contributed by atoms with van der Waals surface area (Å²) in [5.41, 5.74) is 0.833. The van der Waals surface area contributed by atoms with Crippen LogP contribution in [0, 0.1) is 0 Å². The van der Waals surface area contributed by atoms with Crippen molar-refractivity contribution in [2.75, 3.05) is 19.8 Å². The smallest absolute Gasteiger partial charge is 0.240 e. The molecule has 21 heavy (non-hydrogen) atoms. The fourth-order valence-corrected chi connectivity index (χ4v) is 3.00. The zero-order valence-corrected chi connectivity index (χ0v) is 11.9. The van der Waals surface area contributed by atoms with Crippen molar-refractivity contribution in [3.05, 3.63) is 36.2 Å². The quantitative estimate of drug-likeness (QED) is 0.885. The topological polar surface area (TPSA) is 90.7 Å². The van der Waals surface area contributed by atoms with Gasteiger partial charge in [0.1, 0.15) is 19.5 Å². The van der Waals surface area contributed by atoms with Crippen molar-refractivity contribution in [3.8, 4) is 11.5 Å². The van der Waals surface area contributed by atoms with E-state index < -0.39 is 10.0 Å². The number of rotatable bonds is 5. The summed E-state index contributed by atoms with van der Waals surface area (Å²) < 4.78 is 42.4. The fraction of sp³-hybridized carbons (Fsp3) is 0.308. The van der Waals surface area contributed by atoms with E-state index in [0.717, 1.165) is 5.56 Å². The second-order valence-corrected chi connectivity index (χ2v) is 6.25. The maximum Gasteiger partial charge on any atom is 0.240 e. The van der Waals surface area contributed by atoms with Gasteiger partial charge in [0.05, 0.1) is 11.1 Å². The molecule has 0 atom stereocenters. The van der Waals surface area contributed by atoms with E-state index >= 15 is 0 Å². The lowest BCUT2D eigenvalue weighted by molar-refractivity contribution is 0.171. The average molecular weight is 310 g/mol. The van der Waals surface area contributed by atoms with Crippen molar-refractivity contribution in [1.82, 2.24) is 9.88 Å². The summed E-state index contributed by atoms with van der Waals surface area (Å²) in [5, 5.41) is 3.56. The van der Waals surface area contributed by atoms with Crippen LogP contribution in [0.4, 0.5) is 0 Å². The van der Waals surface area contributed by atoms with Crippen LogP contribution in [0.2, 0.25) is 0 Å². The lowest BCUT2D eigenvalue weighted by atomic mass is 10.3. The maximum atomic E-state index is 12.2. The summed E-state index contributed by atoms with van der Waals surface area (Å²) in [6.07, 6.45) is 3.55. The van der Waals surface area contributed by atoms with Crippen LogP contribution in [0.25, 0.3) is 0 Å². The molecule has 1 aromatic heterocycles. The van der Waals surface area contributed by atoms with Crippen LogP contribution in [0.15, 0.2) is 40.1 Å². The van der Waals surface area contributed by atoms with E-state index in [1.165, 1.54) is 18.4 Å². The van der Waals surface area contributed by atoms with Gasteiger partial charge in [0, 0.05) is 18.2 Å². The van der Waals surface area contributed by atoms with Crippen LogP contribution in [-0.4, -0.2) is 33.3 Å². The summed E-state index contributed by atoms with van der Waals surface area (Å²) in [4.78, 5) is 0.150. The van der Waals surface area contributed by atoms with E-state index in [1.54, 1.807) is 12.3 Å². The predicted octanol–water partition coefficient (Wildman–Crippen LogP) is 0.967. The Balaban J connectivity index is 1.69. The van der Waals surface area contributed by atoms with E-state index in [0.29, 0.717) is 31.1 Å². The zero-order chi connectivity index (χ0) is 14.7. The Hall–Kier alpha value is -2.06. The molecule has 112 valence electrons. The molecule has 0 amide bonds. The number of hydrogen-bond donors (Lipinski definition) is 1. The largest absolute Gasteiger partial charge is 0.486 e. The molecule has 0 fully saturated rings. The van der Waals surface area contributed by atoms with Crippen LogP contribution in [-0.2, 0) is 16.4 Å². The van der Waals surface area contributed by atoms with E-state index in [1.807, 2.05) is 0 Å². The molecule has 0 radical (unpaired) electrons. The van der Waals surface area contributed by atoms with Crippen LogP contribution < -0.4 is 14.2 Å². The molecule has 2 aromatic rings. The molecule has 1 N–H and O–H groups in total. The number of nitrogens with zero attached hydrogens (tertiary/aromatic N) is 1. The fourth-order valence-electron chi connectivity index (χ4n) is 1.95. The van der Waals surface area contributed by atoms with Crippen molar-refractivity contribution >= 4 is 10.0 Å². The Morgan fingerprint density at radius 3 is 2.76 bits per heavy atom. The first-order valence-electron chi connectivity index (χ1n) is 6.43. The number of ether oxygens (including phenoxy) is 2. The molecule has 0 saturated carbocycles. The monoisotopic (exact) mass is 310 g/mol. The van der Waals surface area contributed by atoms with Crippen LogP contribution >= 0.6 is 0 Å². The third kappa shape index (κ3) is 3.17. The predicted molar refractivity (Wildman–Crippen MR) is 72.8 cm³/mol. The molecule has 1 aliphatic heterocycles. The number of sulfonamides is 1. The highest BCUT2D eigenvalue weighted by Gasteiger charge is 2.19. The van der Waals surface area contributed by atoms with Gasteiger partial charge < -0.3 is 14.0 Å². The van der Waals surface area contributed by atoms with Gasteiger partial charge in [-0.3, -0.25) is 0 Å². The molecule has 0 aliphatic carbocycles. The molecule has 7 nitrogen and oxygen atoms in total. The molecule has 0 saturated heterocycles. The van der Waals surface area contributed by atoms with Gasteiger partial charge in [0.25, 0.3) is 0 Å². The molecular weight excluding hydrogens is 296 g/mol. The first-order valence-corrected chi connectivity index (χ1v) is 7.91. The van der Waals surface area contributed by atoms with Crippen molar-refractivity contribution < 1.29 is 22.4 Å². The van der Waals surface area contributed by atoms with Crippen LogP contribution in [0.1, 0.15) is 5.56 Å². The second-order valence-electron chi connectivity index (χ2n) is 4.49. The number of aromatic nitrogens is 1. The summed E-state index contributed by atoms with van der Waals surface area (Å²) >= 11 is 0. The molecular formula is C13H14N2O5S. The first kappa shape index (κ1) is 13.9. The third-order valence-corrected chi connectivity index (χ3v) is 4.47. The summed E-state index contributed by atoms with van der Waals surface area (Å²) in [5.74, 6) is 1.01. The van der Waals surface area contributed by atoms with Crippen LogP contribution in [0.5, 0.6) is 11.5 Å². The van der Waals surface area contributed by atoms with Gasteiger partial charge >= 0.3 is 0 Å². The van der Waals surface area contributed by atoms with Crippen molar-refractivity contribution in [3.63, 3.8) is 0 Å². The zero-order valence-electron chi connectivity index (χ0n) is 11.1. The second kappa shape index (κ2) is 5.74. The first-order chi connectivity index (χ1) is 10.1. The standard InChI is InChI=1S/C13H14N2O5S/c16-21(17,15-4-3-10-8-14-20-9-10)11-1-2-12-13(7-11)19-6-5-18-12/h1-2,7-9,15H,3-6H2. The Kier molecular flexibility index (Phi) is 3.80. The molecule has 3 rings (SSSR count). The van der Waals surface area contributed by atoms with Gasteiger partial charge in [0.15, 0.2) is 11.5 Å². The minimum atomic E-state index is -3.58. The molecule has 0 unspecified atom stereocenters. The maximum absolute atomic E-state index is 12.2. The molecule has 1 aromatic carbocycles. The van der Waals surface area contributed by atoms with Gasteiger partial charge in [0.2, 0.25) is 10.0 Å². The SMILES string of the molecule is O=S(=O)(NCCc1cnoc1)c1ccc2c(c1)OCCO2. The van der Waals surface area contributed by atoms with Gasteiger partial charge in [-0.25, -0.2) is 13.1 Å². The summed E-state index contributed by atoms with van der Waals surface area (Å²) in [6.45, 7) is 1.14. The number of benzene rings is 1. The molecule has 1 aliphatic rings. The highest BCUT2D eigenvalue weighted by Crippen LogP contribution is 2.32. The third-order valence-electron chi connectivity index (χ3n) is 3.01. The van der Waals surface area contributed by atoms with Gasteiger partial charge in [-0.15, -0.1) is 0 Å². The van der Waals surface area contributed by atoms with E-state index in [2.05, 4.69) is 14.4 Å². The van der Waals surface area contributed by atoms with Gasteiger partial charge in [-0.2, -0.15) is 0 Å². The number of fused-ring (bicyclic) bond motifs is 1. The van der Waals surface area contributed by atoms with Crippen molar-refractivity contribution in [2.45, 2.75) is 11.3 Å². The van der Waals surface area contributed by atoms with E-state index in [-0.39, 0.29) is 11.4 Å². The number of nitrogens with one attached hydrogen (secondary N) is 1. The van der Waals surface area contributed by atoms with Crippen molar-refractivity contribution in [2.24, 2.45) is 0 Å². The minimum Gasteiger partial charge on any atom is -0.486 e. The molecule has 8 heteroatoms. The highest BCUT2D eigenvalue weighted by molar-refractivity contribution is 7.89. The average Bonchev–Trinajstić information content (AvgIpc) is 3.00. The lowest BCUT2D eigenvalue weighted by Gasteiger charge is -2.18. The minimum absolute atomic E-state index is 0.150. The molecule has 0 bridgehead atoms. The molecule has 0 spiro atoms. The Bertz CT molecular complexity index is 712. The summed E-state index contributed by atoms with van der Waals surface area (Å²) in [6, 6.07) is 4.56. The highest BCUT2D eigenvalue weighted by atomic mass is 32.2. The normalized spacial score (nSPS) is 14.1. The molecule has 2 heterocycles. The van der Waals surface area contributed by atoms with Crippen LogP contribution in [0.3, 0.4) is 0 Å². The van der Waals surface area contributed by atoms with E-state index in [4.69, 9.17) is 9.47 Å². The van der Waals surface area contributed by atoms with E-state index in [9.17, 15) is 8.42 Å². The van der Waals surface area contributed by atoms with Gasteiger partial charge in [-0.05, 0) is 18.6 Å². The van der Waals surface area contributed by atoms with Gasteiger partial charge in [-0.1, -0.05) is 5.16 Å². The Morgan fingerprint density at radius 2 is 2.00 bits per heavy atom.